The van der Waals surface area contributed by atoms with Gasteiger partial charge in [0.2, 0.25) is 0 Å². The molecule has 12 nitrogen and oxygen atoms in total. The minimum Gasteiger partial charge on any atom is 0 e. The average Bonchev–Trinajstić information content (AvgIpc) is 0.784. The summed E-state index contributed by atoms with van der Waals surface area (Å²) in [6, 6.07) is 59.9. The Balaban J connectivity index is 0.000000294. The first-order valence-corrected chi connectivity index (χ1v) is 33.5. The number of imidazole rings is 1. The van der Waals surface area contributed by atoms with Crippen molar-refractivity contribution in [3.05, 3.63) is 318 Å². The molecule has 0 bridgehead atoms. The molecule has 0 aliphatic carbocycles. The number of aromatic nitrogens is 12. The molecule has 0 spiro atoms. The third-order valence-corrected chi connectivity index (χ3v) is 13.6. The van der Waals surface area contributed by atoms with Gasteiger partial charge in [-0.1, -0.05) is 78.9 Å². The molecule has 2 radical (unpaired) electrons. The van der Waals surface area contributed by atoms with Crippen LogP contribution in [0.5, 0.6) is 0 Å². The Morgan fingerprint density at radius 2 is 0.392 bits per heavy atom. The fourth-order valence-corrected chi connectivity index (χ4v) is 9.14. The van der Waals surface area contributed by atoms with Gasteiger partial charge in [-0.15, -0.1) is 0 Å². The van der Waals surface area contributed by atoms with Gasteiger partial charge >= 0.3 is 99.0 Å². The van der Waals surface area contributed by atoms with Crippen molar-refractivity contribution in [2.45, 2.75) is 56.3 Å². The molecule has 0 N–H and O–H groups in total. The first-order valence-electron chi connectivity index (χ1n) is 27.4. The molecule has 11 aromatic heterocycles. The van der Waals surface area contributed by atoms with E-state index in [1.165, 1.54) is 0 Å². The normalized spacial score (nSPS) is 13.8. The minimum absolute atomic E-state index is 0. The van der Waals surface area contributed by atoms with Crippen molar-refractivity contribution in [1.29, 1.82) is 0 Å². The summed E-state index contributed by atoms with van der Waals surface area (Å²) in [6.45, 7) is 10.4. The van der Waals surface area contributed by atoms with Crippen LogP contribution in [0.4, 0.5) is 75.5 Å². The second kappa shape index (κ2) is 28.8. The molecule has 0 fully saturated rings. The maximum Gasteiger partial charge on any atom is 0 e. The van der Waals surface area contributed by atoms with E-state index < -0.39 is 45.1 Å². The molecule has 0 aromatic carbocycles. The van der Waals surface area contributed by atoms with Crippen LogP contribution in [-0.4, -0.2) is 54.8 Å². The fourth-order valence-electron chi connectivity index (χ4n) is 9.14. The van der Waals surface area contributed by atoms with Crippen molar-refractivity contribution in [2.75, 3.05) is 0 Å². The zero-order chi connectivity index (χ0) is 70.5. The van der Waals surface area contributed by atoms with Crippen molar-refractivity contribution >= 4 is 23.4 Å². The SMILES string of the molecule is CC(c1ccccn1)(c1ccccn1)c1cccc(C(C)(c2ccccn2)c2ccccn2)n1.CC(c1ccccn1)(c1ccccn1)c1cccc(C(C)(c2ccccn2)c2ccccn2)n1.Cc1ncc[n-]1.F[P-](F)(F)(F)(F)F.F[P-](F)(F)(F)(F)F.F[P-](F)(F)(F)(F)F.[V].[V]. The van der Waals surface area contributed by atoms with Gasteiger partial charge in [-0.3, -0.25) is 49.8 Å². The standard InChI is InChI=1S/2C29H25N5.C4H5N2.3F6P.2V/c2*1-28(22-12-3-7-18-30-22,23-13-4-8-19-31-23)26-16-11-17-27(34-26)29(2,24-14-5-9-20-32-24)25-15-6-10-21-33-25;1-4-5-2-3-6-4;3*1-7(2,3,4,5)6;;/h2*3-21H,1-2H3;2-3H,1H3;;;;;/q;;4*-1;;. The minimum atomic E-state index is -10.7. The van der Waals surface area contributed by atoms with E-state index in [9.17, 15) is 75.5 Å². The first kappa shape index (κ1) is 81.3. The predicted octanol–water partition coefficient (Wildman–Crippen LogP) is 21.2. The Labute approximate surface area is 567 Å². The van der Waals surface area contributed by atoms with Crippen LogP contribution < -0.4 is 4.98 Å². The van der Waals surface area contributed by atoms with Crippen molar-refractivity contribution in [1.82, 2.24) is 59.8 Å². The molecule has 35 heteroatoms. The molecule has 97 heavy (non-hydrogen) atoms. The molecule has 11 heterocycles. The van der Waals surface area contributed by atoms with Crippen LogP contribution in [0.15, 0.2) is 244 Å². The van der Waals surface area contributed by atoms with Crippen molar-refractivity contribution in [2.24, 2.45) is 0 Å². The van der Waals surface area contributed by atoms with E-state index in [4.69, 9.17) is 49.8 Å². The van der Waals surface area contributed by atoms with Crippen LogP contribution in [0.1, 0.15) is 102 Å². The molecule has 518 valence electrons. The summed E-state index contributed by atoms with van der Waals surface area (Å²) in [5, 5.41) is 0. The van der Waals surface area contributed by atoms with E-state index in [2.05, 4.69) is 37.7 Å². The molecule has 11 aromatic rings. The monoisotopic (exact) mass is 1500 g/mol. The summed E-state index contributed by atoms with van der Waals surface area (Å²) in [6.07, 6.45) is 17.8. The Bertz CT molecular complexity index is 3550. The maximum atomic E-state index is 9.87. The third-order valence-electron chi connectivity index (χ3n) is 13.6. The molecular formula is C62H55F18N12P3V2-4. The number of hydrogen-bond acceptors (Lipinski definition) is 11. The average molecular weight is 1500 g/mol. The first-order chi connectivity index (χ1) is 43.5. The summed E-state index contributed by atoms with van der Waals surface area (Å²) < 4.78 is 178. The van der Waals surface area contributed by atoms with Crippen LogP contribution in [0, 0.1) is 6.92 Å². The van der Waals surface area contributed by atoms with E-state index in [0.29, 0.717) is 0 Å². The molecule has 0 atom stereocenters. The van der Waals surface area contributed by atoms with Crippen LogP contribution in [0.3, 0.4) is 0 Å². The van der Waals surface area contributed by atoms with E-state index in [1.54, 1.807) is 12.4 Å². The quantitative estimate of drug-likeness (QED) is 0.0844. The van der Waals surface area contributed by atoms with E-state index in [1.807, 2.05) is 238 Å². The molecule has 0 saturated heterocycles. The Hall–Kier alpha value is -8.09. The summed E-state index contributed by atoms with van der Waals surface area (Å²) in [5.74, 6) is 0.843. The fraction of sp³-hybridized carbons (Fsp3) is 0.145. The summed E-state index contributed by atoms with van der Waals surface area (Å²) in [5.41, 5.74) is 7.95. The maximum absolute atomic E-state index is 10.7. The topological polar surface area (TPSA) is 156 Å². The second-order valence-corrected chi connectivity index (χ2v) is 26.8. The smallest absolute Gasteiger partial charge is 0 e. The Morgan fingerprint density at radius 1 is 0.237 bits per heavy atom. The predicted molar refractivity (Wildman–Crippen MR) is 328 cm³/mol. The van der Waals surface area contributed by atoms with Gasteiger partial charge in [-0.05, 0) is 156 Å². The van der Waals surface area contributed by atoms with Gasteiger partial charge in [0.15, 0.2) is 0 Å². The molecule has 0 saturated carbocycles. The summed E-state index contributed by atoms with van der Waals surface area (Å²) >= 11 is 0. The van der Waals surface area contributed by atoms with Crippen molar-refractivity contribution in [3.8, 4) is 0 Å². The van der Waals surface area contributed by atoms with E-state index in [0.717, 1.165) is 74.2 Å². The number of nitrogens with zero attached hydrogens (tertiary/aromatic N) is 12. The summed E-state index contributed by atoms with van der Waals surface area (Å²) in [4.78, 5) is 55.8. The number of pyridine rings is 10. The Morgan fingerprint density at radius 3 is 0.495 bits per heavy atom. The van der Waals surface area contributed by atoms with Gasteiger partial charge < -0.3 is 9.97 Å². The van der Waals surface area contributed by atoms with Crippen LogP contribution in [0.2, 0.25) is 0 Å². The van der Waals surface area contributed by atoms with Gasteiger partial charge in [0.05, 0.1) is 90.0 Å². The number of rotatable bonds is 12. The van der Waals surface area contributed by atoms with Gasteiger partial charge in [0.1, 0.15) is 0 Å². The summed E-state index contributed by atoms with van der Waals surface area (Å²) in [7, 11) is -32.0. The molecule has 0 aliphatic rings. The van der Waals surface area contributed by atoms with Gasteiger partial charge in [0, 0.05) is 86.7 Å². The molecule has 0 aliphatic heterocycles. The van der Waals surface area contributed by atoms with Crippen LogP contribution >= 0.6 is 23.4 Å². The third kappa shape index (κ3) is 27.0. The zero-order valence-electron chi connectivity index (χ0n) is 51.0. The van der Waals surface area contributed by atoms with Crippen molar-refractivity contribution < 1.29 is 113 Å². The van der Waals surface area contributed by atoms with Crippen LogP contribution in [-0.2, 0) is 58.8 Å². The van der Waals surface area contributed by atoms with E-state index in [-0.39, 0.29) is 37.1 Å². The molecule has 0 amide bonds. The van der Waals surface area contributed by atoms with Crippen LogP contribution in [0.25, 0.3) is 0 Å². The molecule has 11 rings (SSSR count). The number of halogens is 18. The van der Waals surface area contributed by atoms with Gasteiger partial charge in [-0.2, -0.15) is 0 Å². The Kier molecular flexibility index (Phi) is 24.1. The van der Waals surface area contributed by atoms with Gasteiger partial charge in [-0.25, -0.2) is 0 Å². The zero-order valence-corrected chi connectivity index (χ0v) is 56.5. The molecule has 0 unspecified atom stereocenters. The van der Waals surface area contributed by atoms with Crippen molar-refractivity contribution in [3.63, 3.8) is 0 Å². The van der Waals surface area contributed by atoms with Gasteiger partial charge in [0.25, 0.3) is 0 Å². The van der Waals surface area contributed by atoms with E-state index >= 15 is 0 Å². The molecular weight excluding hydrogens is 1450 g/mol. The number of aryl methyl sites for hydroxylation is 1. The number of hydrogen-bond donors (Lipinski definition) is 0. The second-order valence-electron chi connectivity index (χ2n) is 21.0. The largest absolute Gasteiger partial charge is 0 e.